The second kappa shape index (κ2) is 5.36. The van der Waals surface area contributed by atoms with E-state index in [-0.39, 0.29) is 11.5 Å². The highest BCUT2D eigenvalue weighted by Gasteiger charge is 2.31. The topological polar surface area (TPSA) is 75.4 Å². The summed E-state index contributed by atoms with van der Waals surface area (Å²) in [5.41, 5.74) is 5.99. The Bertz CT molecular complexity index is 519. The van der Waals surface area contributed by atoms with E-state index in [4.69, 9.17) is 5.73 Å². The number of nitrogens with zero attached hydrogens (tertiary/aromatic N) is 1. The van der Waals surface area contributed by atoms with Gasteiger partial charge in [0, 0.05) is 25.2 Å². The molecule has 0 aliphatic carbocycles. The smallest absolute Gasteiger partial charge is 0.254 e. The summed E-state index contributed by atoms with van der Waals surface area (Å²) in [6, 6.07) is 3.61. The first-order valence-corrected chi connectivity index (χ1v) is 6.08. The van der Waals surface area contributed by atoms with Gasteiger partial charge in [-0.1, -0.05) is 6.07 Å². The SMILES string of the molecule is Cc1ccc(C(=O)N2CCNCC2C(N)=O)cc1F. The number of aryl methyl sites for hydroxylation is 1. The van der Waals surface area contributed by atoms with E-state index < -0.39 is 17.8 Å². The Balaban J connectivity index is 2.26. The van der Waals surface area contributed by atoms with E-state index in [1.54, 1.807) is 19.1 Å². The molecule has 0 bridgehead atoms. The number of piperazine rings is 1. The molecule has 1 aliphatic rings. The molecule has 6 heteroatoms. The van der Waals surface area contributed by atoms with Crippen molar-refractivity contribution in [1.82, 2.24) is 10.2 Å². The number of primary amides is 1. The minimum absolute atomic E-state index is 0.233. The van der Waals surface area contributed by atoms with Crippen molar-refractivity contribution >= 4 is 11.8 Å². The normalized spacial score (nSPS) is 19.3. The first-order chi connectivity index (χ1) is 9.00. The van der Waals surface area contributed by atoms with Gasteiger partial charge in [0.2, 0.25) is 5.91 Å². The van der Waals surface area contributed by atoms with Crippen LogP contribution in [0.4, 0.5) is 4.39 Å². The van der Waals surface area contributed by atoms with E-state index in [9.17, 15) is 14.0 Å². The molecule has 2 rings (SSSR count). The maximum absolute atomic E-state index is 13.5. The standard InChI is InChI=1S/C13H16FN3O2/c1-8-2-3-9(6-10(8)14)13(19)17-5-4-16-7-11(17)12(15)18/h2-3,6,11,16H,4-5,7H2,1H3,(H2,15,18). The Morgan fingerprint density at radius 2 is 2.21 bits per heavy atom. The number of amides is 2. The minimum Gasteiger partial charge on any atom is -0.368 e. The van der Waals surface area contributed by atoms with E-state index in [2.05, 4.69) is 5.32 Å². The van der Waals surface area contributed by atoms with Crippen LogP contribution in [-0.2, 0) is 4.79 Å². The Morgan fingerprint density at radius 3 is 2.84 bits per heavy atom. The molecule has 1 aromatic rings. The van der Waals surface area contributed by atoms with Crippen molar-refractivity contribution in [1.29, 1.82) is 0 Å². The predicted molar refractivity (Wildman–Crippen MR) is 68.0 cm³/mol. The maximum atomic E-state index is 13.5. The van der Waals surface area contributed by atoms with Crippen molar-refractivity contribution in [3.05, 3.63) is 35.1 Å². The molecule has 19 heavy (non-hydrogen) atoms. The molecule has 1 saturated heterocycles. The highest BCUT2D eigenvalue weighted by atomic mass is 19.1. The quantitative estimate of drug-likeness (QED) is 0.792. The van der Waals surface area contributed by atoms with Gasteiger partial charge in [-0.15, -0.1) is 0 Å². The number of carbonyl (C=O) groups is 2. The maximum Gasteiger partial charge on any atom is 0.254 e. The van der Waals surface area contributed by atoms with Crippen LogP contribution in [0.3, 0.4) is 0 Å². The fourth-order valence-electron chi connectivity index (χ4n) is 2.09. The van der Waals surface area contributed by atoms with Crippen molar-refractivity contribution in [2.45, 2.75) is 13.0 Å². The molecule has 102 valence electrons. The summed E-state index contributed by atoms with van der Waals surface area (Å²) in [6.07, 6.45) is 0. The molecule has 1 heterocycles. The number of nitrogens with two attached hydrogens (primary N) is 1. The Morgan fingerprint density at radius 1 is 1.47 bits per heavy atom. The molecule has 2 amide bonds. The van der Waals surface area contributed by atoms with Crippen LogP contribution in [0, 0.1) is 12.7 Å². The summed E-state index contributed by atoms with van der Waals surface area (Å²) in [5, 5.41) is 3.00. The summed E-state index contributed by atoms with van der Waals surface area (Å²) < 4.78 is 13.5. The predicted octanol–water partition coefficient (Wildman–Crippen LogP) is 0.0334. The zero-order chi connectivity index (χ0) is 14.0. The van der Waals surface area contributed by atoms with Gasteiger partial charge in [0.25, 0.3) is 5.91 Å². The molecule has 0 saturated carbocycles. The number of carbonyl (C=O) groups excluding carboxylic acids is 2. The van der Waals surface area contributed by atoms with Gasteiger partial charge in [-0.3, -0.25) is 9.59 Å². The van der Waals surface area contributed by atoms with Gasteiger partial charge in [-0.25, -0.2) is 4.39 Å². The molecule has 1 atom stereocenters. The summed E-state index contributed by atoms with van der Waals surface area (Å²) >= 11 is 0. The number of rotatable bonds is 2. The average Bonchev–Trinajstić information content (AvgIpc) is 2.41. The van der Waals surface area contributed by atoms with Gasteiger partial charge < -0.3 is 16.0 Å². The lowest BCUT2D eigenvalue weighted by Crippen LogP contribution is -2.58. The number of hydrogen-bond acceptors (Lipinski definition) is 3. The number of nitrogens with one attached hydrogen (secondary N) is 1. The van der Waals surface area contributed by atoms with Crippen LogP contribution in [0.15, 0.2) is 18.2 Å². The largest absolute Gasteiger partial charge is 0.368 e. The van der Waals surface area contributed by atoms with Gasteiger partial charge in [0.1, 0.15) is 11.9 Å². The molecule has 5 nitrogen and oxygen atoms in total. The van der Waals surface area contributed by atoms with E-state index in [1.165, 1.54) is 11.0 Å². The first-order valence-electron chi connectivity index (χ1n) is 6.08. The van der Waals surface area contributed by atoms with E-state index >= 15 is 0 Å². The molecule has 3 N–H and O–H groups in total. The van der Waals surface area contributed by atoms with Gasteiger partial charge in [0.15, 0.2) is 0 Å². The fourth-order valence-corrected chi connectivity index (χ4v) is 2.09. The van der Waals surface area contributed by atoms with Gasteiger partial charge in [-0.2, -0.15) is 0 Å². The third-order valence-corrected chi connectivity index (χ3v) is 3.25. The zero-order valence-corrected chi connectivity index (χ0v) is 10.6. The van der Waals surface area contributed by atoms with Crippen LogP contribution in [0.1, 0.15) is 15.9 Å². The van der Waals surface area contributed by atoms with Crippen LogP contribution < -0.4 is 11.1 Å². The fraction of sp³-hybridized carbons (Fsp3) is 0.385. The van der Waals surface area contributed by atoms with Crippen LogP contribution >= 0.6 is 0 Å². The zero-order valence-electron chi connectivity index (χ0n) is 10.6. The second-order valence-electron chi connectivity index (χ2n) is 4.58. The number of benzene rings is 1. The van der Waals surface area contributed by atoms with Crippen molar-refractivity contribution < 1.29 is 14.0 Å². The van der Waals surface area contributed by atoms with Crippen molar-refractivity contribution in [3.63, 3.8) is 0 Å². The monoisotopic (exact) mass is 265 g/mol. The highest BCUT2D eigenvalue weighted by Crippen LogP contribution is 2.14. The van der Waals surface area contributed by atoms with Crippen LogP contribution in [0.2, 0.25) is 0 Å². The molecule has 1 fully saturated rings. The lowest BCUT2D eigenvalue weighted by atomic mass is 10.1. The Labute approximate surface area is 110 Å². The molecule has 0 radical (unpaired) electrons. The van der Waals surface area contributed by atoms with Crippen molar-refractivity contribution in [2.75, 3.05) is 19.6 Å². The Kier molecular flexibility index (Phi) is 3.80. The summed E-state index contributed by atoms with van der Waals surface area (Å²) in [4.78, 5) is 25.0. The molecule has 0 spiro atoms. The average molecular weight is 265 g/mol. The third kappa shape index (κ3) is 2.73. The molecule has 1 unspecified atom stereocenters. The van der Waals surface area contributed by atoms with E-state index in [0.717, 1.165) is 0 Å². The van der Waals surface area contributed by atoms with Gasteiger partial charge >= 0.3 is 0 Å². The molecular weight excluding hydrogens is 249 g/mol. The molecule has 1 aromatic carbocycles. The molecule has 0 aromatic heterocycles. The highest BCUT2D eigenvalue weighted by molar-refractivity contribution is 5.97. The van der Waals surface area contributed by atoms with Gasteiger partial charge in [0.05, 0.1) is 0 Å². The van der Waals surface area contributed by atoms with Crippen LogP contribution in [-0.4, -0.2) is 42.4 Å². The summed E-state index contributed by atoms with van der Waals surface area (Å²) in [6.45, 7) is 2.92. The van der Waals surface area contributed by atoms with Crippen LogP contribution in [0.5, 0.6) is 0 Å². The van der Waals surface area contributed by atoms with Crippen LogP contribution in [0.25, 0.3) is 0 Å². The third-order valence-electron chi connectivity index (χ3n) is 3.25. The molecule has 1 aliphatic heterocycles. The molecular formula is C13H16FN3O2. The summed E-state index contributed by atoms with van der Waals surface area (Å²) in [5.74, 6) is -1.37. The first kappa shape index (κ1) is 13.5. The number of hydrogen-bond donors (Lipinski definition) is 2. The number of halogens is 1. The second-order valence-corrected chi connectivity index (χ2v) is 4.58. The van der Waals surface area contributed by atoms with E-state index in [0.29, 0.717) is 25.2 Å². The van der Waals surface area contributed by atoms with Crippen molar-refractivity contribution in [2.24, 2.45) is 5.73 Å². The van der Waals surface area contributed by atoms with Gasteiger partial charge in [-0.05, 0) is 24.6 Å². The Hall–Kier alpha value is -1.95. The lowest BCUT2D eigenvalue weighted by molar-refractivity contribution is -0.122. The van der Waals surface area contributed by atoms with E-state index in [1.807, 2.05) is 0 Å². The minimum atomic E-state index is -0.689. The summed E-state index contributed by atoms with van der Waals surface area (Å²) in [7, 11) is 0. The van der Waals surface area contributed by atoms with Crippen molar-refractivity contribution in [3.8, 4) is 0 Å². The lowest BCUT2D eigenvalue weighted by Gasteiger charge is -2.34.